The molecule has 2 atom stereocenters. The maximum atomic E-state index is 14.1. The minimum atomic E-state index is -0.711. The van der Waals surface area contributed by atoms with Crippen LogP contribution in [0, 0.1) is 0 Å². The average Bonchev–Trinajstić information content (AvgIpc) is 3.05. The van der Waals surface area contributed by atoms with Crippen molar-refractivity contribution in [2.75, 3.05) is 41.7 Å². The number of dihydropyridines is 1. The molecule has 2 aliphatic rings. The predicted molar refractivity (Wildman–Crippen MR) is 172 cm³/mol. The van der Waals surface area contributed by atoms with Crippen molar-refractivity contribution in [3.8, 4) is 28.7 Å². The van der Waals surface area contributed by atoms with Crippen molar-refractivity contribution in [1.29, 1.82) is 0 Å². The number of hydrogen-bond acceptors (Lipinski definition) is 9. The van der Waals surface area contributed by atoms with Crippen LogP contribution in [0.15, 0.2) is 87.7 Å². The molecule has 1 aliphatic carbocycles. The van der Waals surface area contributed by atoms with Crippen LogP contribution in [0.1, 0.15) is 42.7 Å². The lowest BCUT2D eigenvalue weighted by Crippen LogP contribution is -2.36. The summed E-state index contributed by atoms with van der Waals surface area (Å²) in [7, 11) is 6.28. The molecule has 9 nitrogen and oxygen atoms in total. The van der Waals surface area contributed by atoms with Crippen molar-refractivity contribution >= 4 is 27.7 Å². The van der Waals surface area contributed by atoms with E-state index in [2.05, 4.69) is 21.2 Å². The van der Waals surface area contributed by atoms with Gasteiger partial charge in [-0.25, -0.2) is 4.79 Å². The first-order chi connectivity index (χ1) is 21.8. The summed E-state index contributed by atoms with van der Waals surface area (Å²) in [6.45, 7) is 2.04. The molecular weight excluding hydrogens is 642 g/mol. The van der Waals surface area contributed by atoms with Crippen molar-refractivity contribution in [3.05, 3.63) is 98.8 Å². The Morgan fingerprint density at radius 2 is 1.51 bits per heavy atom. The van der Waals surface area contributed by atoms with Gasteiger partial charge in [-0.1, -0.05) is 40.2 Å². The molecule has 5 rings (SSSR count). The molecule has 0 radical (unpaired) electrons. The van der Waals surface area contributed by atoms with E-state index in [1.807, 2.05) is 55.5 Å². The van der Waals surface area contributed by atoms with Gasteiger partial charge in [0.2, 0.25) is 0 Å². The number of benzene rings is 3. The van der Waals surface area contributed by atoms with Gasteiger partial charge in [0.15, 0.2) is 28.8 Å². The second-order valence-electron chi connectivity index (χ2n) is 10.7. The third kappa shape index (κ3) is 6.66. The van der Waals surface area contributed by atoms with E-state index in [9.17, 15) is 9.59 Å². The third-order valence-electron chi connectivity index (χ3n) is 8.07. The van der Waals surface area contributed by atoms with Crippen molar-refractivity contribution in [1.82, 2.24) is 5.32 Å². The van der Waals surface area contributed by atoms with Crippen LogP contribution >= 0.6 is 15.9 Å². The topological polar surface area (TPSA) is 102 Å². The number of allylic oxidation sites excluding steroid dienone is 3. The second kappa shape index (κ2) is 14.1. The van der Waals surface area contributed by atoms with E-state index in [-0.39, 0.29) is 31.3 Å². The summed E-state index contributed by atoms with van der Waals surface area (Å²) in [5.74, 6) is 1.47. The highest BCUT2D eigenvalue weighted by molar-refractivity contribution is 9.10. The first-order valence-corrected chi connectivity index (χ1v) is 15.3. The number of carbonyl (C=O) groups excluding carboxylic acids is 2. The maximum absolute atomic E-state index is 14.1. The van der Waals surface area contributed by atoms with E-state index < -0.39 is 11.9 Å². The molecular formula is C35H36BrNO8. The molecule has 0 fully saturated rings. The van der Waals surface area contributed by atoms with E-state index in [4.69, 9.17) is 28.4 Å². The van der Waals surface area contributed by atoms with Crippen molar-refractivity contribution in [3.63, 3.8) is 0 Å². The van der Waals surface area contributed by atoms with Crippen LogP contribution in [0.3, 0.4) is 0 Å². The van der Waals surface area contributed by atoms with Crippen LogP contribution in [0.4, 0.5) is 0 Å². The molecule has 3 aromatic rings. The van der Waals surface area contributed by atoms with E-state index in [1.54, 1.807) is 40.6 Å². The fraction of sp³-hybridized carbons (Fsp3) is 0.314. The fourth-order valence-corrected chi connectivity index (χ4v) is 6.49. The smallest absolute Gasteiger partial charge is 0.336 e. The summed E-state index contributed by atoms with van der Waals surface area (Å²) < 4.78 is 34.1. The molecule has 1 heterocycles. The van der Waals surface area contributed by atoms with Gasteiger partial charge in [0.25, 0.3) is 0 Å². The van der Waals surface area contributed by atoms with Gasteiger partial charge in [-0.2, -0.15) is 0 Å². The van der Waals surface area contributed by atoms with Crippen LogP contribution in [-0.2, 0) is 14.3 Å². The highest BCUT2D eigenvalue weighted by atomic mass is 79.9. The van der Waals surface area contributed by atoms with E-state index >= 15 is 0 Å². The first-order valence-electron chi connectivity index (χ1n) is 14.5. The fourth-order valence-electron chi connectivity index (χ4n) is 5.94. The molecule has 0 spiro atoms. The highest BCUT2D eigenvalue weighted by Crippen LogP contribution is 2.49. The van der Waals surface area contributed by atoms with Crippen LogP contribution in [0.25, 0.3) is 0 Å². The third-order valence-corrected chi connectivity index (χ3v) is 8.76. The van der Waals surface area contributed by atoms with Crippen molar-refractivity contribution in [2.24, 2.45) is 0 Å². The molecule has 2 unspecified atom stereocenters. The summed E-state index contributed by atoms with van der Waals surface area (Å²) in [5.41, 5.74) is 3.89. The SMILES string of the molecule is COc1ccc(C2CC(=O)C3=C(C2)NC(C)=C(C(=O)OCCOc2ccccc2)C3c2cc(OC)c(OC)cc2Br)cc1OC. The zero-order valence-electron chi connectivity index (χ0n) is 25.9. The molecule has 1 aliphatic heterocycles. The summed E-state index contributed by atoms with van der Waals surface area (Å²) in [6, 6.07) is 18.6. The lowest BCUT2D eigenvalue weighted by atomic mass is 9.71. The van der Waals surface area contributed by atoms with Gasteiger partial charge in [-0.15, -0.1) is 0 Å². The lowest BCUT2D eigenvalue weighted by molar-refractivity contribution is -0.140. The number of methoxy groups -OCH3 is 4. The summed E-state index contributed by atoms with van der Waals surface area (Å²) in [6.07, 6.45) is 0.812. The number of rotatable bonds is 11. The quantitative estimate of drug-likeness (QED) is 0.181. The van der Waals surface area contributed by atoms with Gasteiger partial charge in [0.05, 0.1) is 34.0 Å². The Balaban J connectivity index is 1.50. The molecule has 0 aromatic heterocycles. The number of Topliss-reactive ketones (excluding diaryl/α,β-unsaturated/α-hetero) is 1. The summed E-state index contributed by atoms with van der Waals surface area (Å²) >= 11 is 3.68. The Kier molecular flexibility index (Phi) is 10.0. The molecule has 236 valence electrons. The van der Waals surface area contributed by atoms with E-state index in [0.29, 0.717) is 62.0 Å². The first kappa shape index (κ1) is 32.0. The number of ether oxygens (including phenoxy) is 6. The zero-order chi connectivity index (χ0) is 32.1. The molecule has 0 saturated carbocycles. The molecule has 3 aromatic carbocycles. The number of carbonyl (C=O) groups is 2. The van der Waals surface area contributed by atoms with Crippen LogP contribution in [0.5, 0.6) is 28.7 Å². The number of ketones is 1. The Morgan fingerprint density at radius 3 is 2.20 bits per heavy atom. The second-order valence-corrected chi connectivity index (χ2v) is 11.5. The number of hydrogen-bond donors (Lipinski definition) is 1. The number of nitrogens with one attached hydrogen (secondary N) is 1. The van der Waals surface area contributed by atoms with Crippen LogP contribution in [-0.4, -0.2) is 53.4 Å². The standard InChI is InChI=1S/C35H36BrNO8/c1-20-32(35(39)45-14-13-44-23-9-7-6-8-10-23)33(24-18-30(42-4)31(43-5)19-25(24)36)34-26(37-20)15-22(16-27(34)38)21-11-12-28(40-2)29(17-21)41-3/h6-12,17-19,22,33,37H,13-16H2,1-5H3. The van der Waals surface area contributed by atoms with Gasteiger partial charge in [0.1, 0.15) is 19.0 Å². The Labute approximate surface area is 271 Å². The Morgan fingerprint density at radius 1 is 0.844 bits per heavy atom. The maximum Gasteiger partial charge on any atom is 0.336 e. The molecule has 0 saturated heterocycles. The van der Waals surface area contributed by atoms with E-state index in [1.165, 1.54) is 0 Å². The van der Waals surface area contributed by atoms with Gasteiger partial charge in [-0.3, -0.25) is 4.79 Å². The number of para-hydroxylation sites is 1. The molecule has 45 heavy (non-hydrogen) atoms. The van der Waals surface area contributed by atoms with Crippen molar-refractivity contribution in [2.45, 2.75) is 31.6 Å². The monoisotopic (exact) mass is 677 g/mol. The number of halogens is 1. The Bertz CT molecular complexity index is 1650. The average molecular weight is 679 g/mol. The highest BCUT2D eigenvalue weighted by Gasteiger charge is 2.42. The Hall–Kier alpha value is -4.44. The molecule has 1 N–H and O–H groups in total. The normalized spacial score (nSPS) is 17.7. The predicted octanol–water partition coefficient (Wildman–Crippen LogP) is 6.47. The van der Waals surface area contributed by atoms with Gasteiger partial charge < -0.3 is 33.7 Å². The number of esters is 1. The van der Waals surface area contributed by atoms with Gasteiger partial charge in [-0.05, 0) is 66.8 Å². The molecule has 10 heteroatoms. The summed E-state index contributed by atoms with van der Waals surface area (Å²) in [5, 5.41) is 3.40. The van der Waals surface area contributed by atoms with Gasteiger partial charge >= 0.3 is 5.97 Å². The molecule has 0 amide bonds. The molecule has 0 bridgehead atoms. The lowest BCUT2D eigenvalue weighted by Gasteiger charge is -2.37. The van der Waals surface area contributed by atoms with Crippen LogP contribution < -0.4 is 29.0 Å². The van der Waals surface area contributed by atoms with Crippen LogP contribution in [0.2, 0.25) is 0 Å². The minimum Gasteiger partial charge on any atom is -0.493 e. The van der Waals surface area contributed by atoms with Gasteiger partial charge in [0, 0.05) is 33.8 Å². The van der Waals surface area contributed by atoms with Crippen molar-refractivity contribution < 1.29 is 38.0 Å². The largest absolute Gasteiger partial charge is 0.493 e. The summed E-state index contributed by atoms with van der Waals surface area (Å²) in [4.78, 5) is 27.9. The zero-order valence-corrected chi connectivity index (χ0v) is 27.5. The minimum absolute atomic E-state index is 0.0333. The van der Waals surface area contributed by atoms with E-state index in [0.717, 1.165) is 11.3 Å².